The number of amides is 1. The molecule has 0 saturated carbocycles. The summed E-state index contributed by atoms with van der Waals surface area (Å²) >= 11 is 0. The summed E-state index contributed by atoms with van der Waals surface area (Å²) in [5.41, 5.74) is 1.45. The zero-order valence-corrected chi connectivity index (χ0v) is 13.7. The molecule has 0 unspecified atom stereocenters. The van der Waals surface area contributed by atoms with E-state index in [0.29, 0.717) is 22.9 Å². The molecule has 1 aliphatic rings. The van der Waals surface area contributed by atoms with Gasteiger partial charge in [-0.1, -0.05) is 12.1 Å². The molecule has 6 heteroatoms. The Bertz CT molecular complexity index is 731. The summed E-state index contributed by atoms with van der Waals surface area (Å²) in [7, 11) is 0. The lowest BCUT2D eigenvalue weighted by Crippen LogP contribution is -2.22. The fraction of sp³-hybridized carbons (Fsp3) is 0.278. The molecule has 6 nitrogen and oxygen atoms in total. The third-order valence-corrected chi connectivity index (χ3v) is 3.35. The van der Waals surface area contributed by atoms with Gasteiger partial charge in [-0.2, -0.15) is 0 Å². The molecular weight excluding hydrogens is 308 g/mol. The Morgan fingerprint density at radius 1 is 1.17 bits per heavy atom. The molecule has 0 aromatic heterocycles. The third-order valence-electron chi connectivity index (χ3n) is 3.35. The van der Waals surface area contributed by atoms with Gasteiger partial charge in [0, 0.05) is 11.8 Å². The van der Waals surface area contributed by atoms with Crippen LogP contribution in [-0.4, -0.2) is 25.3 Å². The maximum absolute atomic E-state index is 12.2. The van der Waals surface area contributed by atoms with Crippen LogP contribution in [0.3, 0.4) is 0 Å². The van der Waals surface area contributed by atoms with E-state index >= 15 is 0 Å². The van der Waals surface area contributed by atoms with Crippen molar-refractivity contribution in [1.29, 1.82) is 0 Å². The van der Waals surface area contributed by atoms with Gasteiger partial charge in [0.1, 0.15) is 5.75 Å². The molecule has 2 N–H and O–H groups in total. The summed E-state index contributed by atoms with van der Waals surface area (Å²) < 4.78 is 16.3. The van der Waals surface area contributed by atoms with Crippen LogP contribution in [0.2, 0.25) is 0 Å². The molecule has 0 spiro atoms. The number of rotatable bonds is 6. The van der Waals surface area contributed by atoms with Gasteiger partial charge >= 0.3 is 0 Å². The second-order valence-electron chi connectivity index (χ2n) is 5.63. The van der Waals surface area contributed by atoms with Crippen molar-refractivity contribution in [3.05, 3.63) is 42.5 Å². The minimum Gasteiger partial charge on any atom is -0.489 e. The van der Waals surface area contributed by atoms with Crippen molar-refractivity contribution in [1.82, 2.24) is 0 Å². The van der Waals surface area contributed by atoms with Crippen molar-refractivity contribution in [2.24, 2.45) is 0 Å². The maximum Gasteiger partial charge on any atom is 0.243 e. The SMILES string of the molecule is CC(C)Oc1ccccc1NC(=O)CNc1ccc2c(c1)OCO2. The van der Waals surface area contributed by atoms with E-state index in [1.54, 1.807) is 0 Å². The van der Waals surface area contributed by atoms with E-state index in [0.717, 1.165) is 5.69 Å². The molecule has 0 aliphatic carbocycles. The zero-order valence-electron chi connectivity index (χ0n) is 13.7. The Morgan fingerprint density at radius 3 is 2.79 bits per heavy atom. The first-order valence-electron chi connectivity index (χ1n) is 7.81. The minimum atomic E-state index is -0.160. The average molecular weight is 328 g/mol. The van der Waals surface area contributed by atoms with Gasteiger partial charge in [-0.15, -0.1) is 0 Å². The van der Waals surface area contributed by atoms with Gasteiger partial charge in [-0.05, 0) is 38.1 Å². The van der Waals surface area contributed by atoms with E-state index in [4.69, 9.17) is 14.2 Å². The summed E-state index contributed by atoms with van der Waals surface area (Å²) in [5, 5.41) is 5.92. The standard InChI is InChI=1S/C18H20N2O4/c1-12(2)24-15-6-4-3-5-14(15)20-18(21)10-19-13-7-8-16-17(9-13)23-11-22-16/h3-9,12,19H,10-11H2,1-2H3,(H,20,21). The Labute approximate surface area is 140 Å². The van der Waals surface area contributed by atoms with Crippen LogP contribution in [0.5, 0.6) is 17.2 Å². The van der Waals surface area contributed by atoms with E-state index in [1.807, 2.05) is 56.3 Å². The smallest absolute Gasteiger partial charge is 0.243 e. The summed E-state index contributed by atoms with van der Waals surface area (Å²) in [4.78, 5) is 12.2. The monoisotopic (exact) mass is 328 g/mol. The van der Waals surface area contributed by atoms with Crippen LogP contribution in [0.15, 0.2) is 42.5 Å². The number of hydrogen-bond acceptors (Lipinski definition) is 5. The average Bonchev–Trinajstić information content (AvgIpc) is 3.02. The van der Waals surface area contributed by atoms with Crippen LogP contribution in [0.4, 0.5) is 11.4 Å². The van der Waals surface area contributed by atoms with Crippen LogP contribution in [0, 0.1) is 0 Å². The molecule has 1 heterocycles. The lowest BCUT2D eigenvalue weighted by atomic mass is 10.2. The van der Waals surface area contributed by atoms with E-state index in [2.05, 4.69) is 10.6 Å². The highest BCUT2D eigenvalue weighted by Gasteiger charge is 2.14. The first-order chi connectivity index (χ1) is 11.6. The first-order valence-corrected chi connectivity index (χ1v) is 7.81. The molecular formula is C18H20N2O4. The lowest BCUT2D eigenvalue weighted by Gasteiger charge is -2.15. The molecule has 2 aromatic rings. The summed E-state index contributed by atoms with van der Waals surface area (Å²) in [5.74, 6) is 1.89. The van der Waals surface area contributed by atoms with Crippen molar-refractivity contribution in [2.75, 3.05) is 24.0 Å². The fourth-order valence-electron chi connectivity index (χ4n) is 2.31. The van der Waals surface area contributed by atoms with Gasteiger partial charge in [0.05, 0.1) is 18.3 Å². The Hall–Kier alpha value is -2.89. The first kappa shape index (κ1) is 16.0. The molecule has 0 radical (unpaired) electrons. The molecule has 0 fully saturated rings. The molecule has 0 saturated heterocycles. The molecule has 1 amide bonds. The van der Waals surface area contributed by atoms with E-state index < -0.39 is 0 Å². The fourth-order valence-corrected chi connectivity index (χ4v) is 2.31. The van der Waals surface area contributed by atoms with E-state index in [1.165, 1.54) is 0 Å². The molecule has 126 valence electrons. The highest BCUT2D eigenvalue weighted by atomic mass is 16.7. The summed E-state index contributed by atoms with van der Waals surface area (Å²) in [6, 6.07) is 12.8. The van der Waals surface area contributed by atoms with E-state index in [9.17, 15) is 4.79 Å². The van der Waals surface area contributed by atoms with Gasteiger partial charge in [-0.3, -0.25) is 4.79 Å². The number of ether oxygens (including phenoxy) is 3. The number of carbonyl (C=O) groups is 1. The predicted molar refractivity (Wildman–Crippen MR) is 91.9 cm³/mol. The van der Waals surface area contributed by atoms with Crippen LogP contribution in [0.1, 0.15) is 13.8 Å². The molecule has 0 bridgehead atoms. The van der Waals surface area contributed by atoms with Gasteiger partial charge in [-0.25, -0.2) is 0 Å². The minimum absolute atomic E-state index is 0.0369. The predicted octanol–water partition coefficient (Wildman–Crippen LogP) is 3.25. The summed E-state index contributed by atoms with van der Waals surface area (Å²) in [6.45, 7) is 4.25. The number of anilines is 2. The van der Waals surface area contributed by atoms with Crippen molar-refractivity contribution < 1.29 is 19.0 Å². The quantitative estimate of drug-likeness (QED) is 0.852. The number of benzene rings is 2. The van der Waals surface area contributed by atoms with Crippen LogP contribution >= 0.6 is 0 Å². The van der Waals surface area contributed by atoms with Crippen LogP contribution in [0.25, 0.3) is 0 Å². The molecule has 24 heavy (non-hydrogen) atoms. The van der Waals surface area contributed by atoms with Gasteiger partial charge < -0.3 is 24.8 Å². The largest absolute Gasteiger partial charge is 0.489 e. The molecule has 2 aromatic carbocycles. The molecule has 1 aliphatic heterocycles. The number of nitrogens with one attached hydrogen (secondary N) is 2. The second-order valence-corrected chi connectivity index (χ2v) is 5.63. The topological polar surface area (TPSA) is 68.8 Å². The van der Waals surface area contributed by atoms with Crippen molar-refractivity contribution in [3.63, 3.8) is 0 Å². The number of fused-ring (bicyclic) bond motifs is 1. The molecule has 3 rings (SSSR count). The third kappa shape index (κ3) is 3.90. The van der Waals surface area contributed by atoms with Crippen LogP contribution in [-0.2, 0) is 4.79 Å². The van der Waals surface area contributed by atoms with Gasteiger partial charge in [0.2, 0.25) is 12.7 Å². The van der Waals surface area contributed by atoms with Gasteiger partial charge in [0.15, 0.2) is 11.5 Å². The van der Waals surface area contributed by atoms with E-state index in [-0.39, 0.29) is 25.3 Å². The second kappa shape index (κ2) is 7.12. The van der Waals surface area contributed by atoms with Crippen molar-refractivity contribution in [2.45, 2.75) is 20.0 Å². The lowest BCUT2D eigenvalue weighted by molar-refractivity contribution is -0.114. The van der Waals surface area contributed by atoms with Crippen LogP contribution < -0.4 is 24.8 Å². The number of hydrogen-bond donors (Lipinski definition) is 2. The van der Waals surface area contributed by atoms with Crippen molar-refractivity contribution in [3.8, 4) is 17.2 Å². The molecule has 0 atom stereocenters. The number of para-hydroxylation sites is 2. The Kier molecular flexibility index (Phi) is 4.74. The highest BCUT2D eigenvalue weighted by molar-refractivity contribution is 5.95. The normalized spacial score (nSPS) is 12.1. The summed E-state index contributed by atoms with van der Waals surface area (Å²) in [6.07, 6.45) is 0.0369. The Morgan fingerprint density at radius 2 is 1.96 bits per heavy atom. The number of carbonyl (C=O) groups excluding carboxylic acids is 1. The van der Waals surface area contributed by atoms with Crippen molar-refractivity contribution >= 4 is 17.3 Å². The Balaban J connectivity index is 1.58. The maximum atomic E-state index is 12.2. The van der Waals surface area contributed by atoms with Gasteiger partial charge in [0.25, 0.3) is 0 Å². The zero-order chi connectivity index (χ0) is 16.9. The highest BCUT2D eigenvalue weighted by Crippen LogP contribution is 2.34.